The summed E-state index contributed by atoms with van der Waals surface area (Å²) in [5.74, 6) is -0.277. The predicted octanol–water partition coefficient (Wildman–Crippen LogP) is 2.75. The summed E-state index contributed by atoms with van der Waals surface area (Å²) in [4.78, 5) is 20.2. The summed E-state index contributed by atoms with van der Waals surface area (Å²) in [5.41, 5.74) is 1.56. The largest absolute Gasteiger partial charge is 0.321 e. The predicted molar refractivity (Wildman–Crippen MR) is 68.4 cm³/mol. The molecular weight excluding hydrogens is 245 g/mol. The van der Waals surface area contributed by atoms with Crippen LogP contribution in [0.4, 0.5) is 10.1 Å². The maximum absolute atomic E-state index is 13.0. The second-order valence-electron chi connectivity index (χ2n) is 4.57. The molecule has 96 valence electrons. The molecule has 2 aromatic rings. The van der Waals surface area contributed by atoms with Crippen LogP contribution in [0.3, 0.4) is 0 Å². The van der Waals surface area contributed by atoms with E-state index in [1.165, 1.54) is 24.4 Å². The molecule has 1 aliphatic carbocycles. The number of carbonyl (C=O) groups is 1. The van der Waals surface area contributed by atoms with Gasteiger partial charge in [0.15, 0.2) is 0 Å². The number of halogens is 1. The molecule has 1 aromatic carbocycles. The second kappa shape index (κ2) is 4.76. The van der Waals surface area contributed by atoms with Gasteiger partial charge in [0.25, 0.3) is 5.91 Å². The van der Waals surface area contributed by atoms with E-state index in [4.69, 9.17) is 0 Å². The minimum atomic E-state index is -0.395. The van der Waals surface area contributed by atoms with Crippen molar-refractivity contribution in [1.29, 1.82) is 0 Å². The smallest absolute Gasteiger partial charge is 0.275 e. The zero-order valence-corrected chi connectivity index (χ0v) is 10.1. The molecule has 1 N–H and O–H groups in total. The Labute approximate surface area is 109 Å². The first kappa shape index (κ1) is 11.8. The Morgan fingerprint density at radius 1 is 1.26 bits per heavy atom. The normalized spacial score (nSPS) is 14.2. The molecule has 19 heavy (non-hydrogen) atoms. The monoisotopic (exact) mass is 257 g/mol. The van der Waals surface area contributed by atoms with Crippen LogP contribution in [0.15, 0.2) is 36.7 Å². The quantitative estimate of drug-likeness (QED) is 0.919. The van der Waals surface area contributed by atoms with E-state index in [9.17, 15) is 9.18 Å². The molecule has 1 heterocycles. The van der Waals surface area contributed by atoms with E-state index in [1.807, 2.05) is 0 Å². The first-order valence-electron chi connectivity index (χ1n) is 6.11. The Kier molecular flexibility index (Phi) is 2.95. The third kappa shape index (κ3) is 2.76. The molecular formula is C14H12FN3O. The molecule has 3 rings (SSSR count). The molecule has 1 aliphatic rings. The topological polar surface area (TPSA) is 54.9 Å². The lowest BCUT2D eigenvalue weighted by molar-refractivity contribution is 0.102. The van der Waals surface area contributed by atoms with Gasteiger partial charge >= 0.3 is 0 Å². The Bertz CT molecular complexity index is 608. The third-order valence-corrected chi connectivity index (χ3v) is 2.98. The van der Waals surface area contributed by atoms with Gasteiger partial charge in [0.05, 0.1) is 11.9 Å². The summed E-state index contributed by atoms with van der Waals surface area (Å²) >= 11 is 0. The van der Waals surface area contributed by atoms with Crippen molar-refractivity contribution < 1.29 is 9.18 Å². The van der Waals surface area contributed by atoms with Crippen molar-refractivity contribution in [1.82, 2.24) is 9.97 Å². The third-order valence-electron chi connectivity index (χ3n) is 2.98. The number of aromatic nitrogens is 2. The number of nitrogens with one attached hydrogen (secondary N) is 1. The zero-order chi connectivity index (χ0) is 13.2. The average molecular weight is 257 g/mol. The zero-order valence-electron chi connectivity index (χ0n) is 10.1. The Morgan fingerprint density at radius 3 is 2.74 bits per heavy atom. The minimum absolute atomic E-state index is 0.230. The Hall–Kier alpha value is -2.30. The van der Waals surface area contributed by atoms with E-state index in [-0.39, 0.29) is 11.6 Å². The van der Waals surface area contributed by atoms with E-state index >= 15 is 0 Å². The van der Waals surface area contributed by atoms with Crippen LogP contribution in [-0.4, -0.2) is 15.9 Å². The molecule has 0 aliphatic heterocycles. The molecule has 0 bridgehead atoms. The molecule has 0 radical (unpaired) electrons. The molecule has 5 heteroatoms. The Balaban J connectivity index is 1.72. The molecule has 1 saturated carbocycles. The molecule has 0 saturated heterocycles. The van der Waals surface area contributed by atoms with E-state index in [1.54, 1.807) is 12.3 Å². The second-order valence-corrected chi connectivity index (χ2v) is 4.57. The molecule has 0 unspecified atom stereocenters. The van der Waals surface area contributed by atoms with Crippen LogP contribution in [0, 0.1) is 5.82 Å². The van der Waals surface area contributed by atoms with Gasteiger partial charge in [0.2, 0.25) is 0 Å². The van der Waals surface area contributed by atoms with Crippen molar-refractivity contribution in [3.05, 3.63) is 53.9 Å². The van der Waals surface area contributed by atoms with Crippen molar-refractivity contribution in [2.45, 2.75) is 18.8 Å². The van der Waals surface area contributed by atoms with Gasteiger partial charge in [-0.2, -0.15) is 0 Å². The SMILES string of the molecule is O=C(Nc1cccc(F)c1)c1cnc(C2CC2)cn1. The number of carbonyl (C=O) groups excluding carboxylic acids is 1. The van der Waals surface area contributed by atoms with Crippen LogP contribution in [0.25, 0.3) is 0 Å². The van der Waals surface area contributed by atoms with Crippen molar-refractivity contribution >= 4 is 11.6 Å². The lowest BCUT2D eigenvalue weighted by Gasteiger charge is -2.04. The highest BCUT2D eigenvalue weighted by Crippen LogP contribution is 2.38. The van der Waals surface area contributed by atoms with Gasteiger partial charge < -0.3 is 5.32 Å². The number of amides is 1. The summed E-state index contributed by atoms with van der Waals surface area (Å²) in [7, 11) is 0. The van der Waals surface area contributed by atoms with Crippen molar-refractivity contribution in [2.75, 3.05) is 5.32 Å². The summed E-state index contributed by atoms with van der Waals surface area (Å²) in [5, 5.41) is 2.58. The average Bonchev–Trinajstić information content (AvgIpc) is 3.23. The van der Waals surface area contributed by atoms with Crippen LogP contribution < -0.4 is 5.32 Å². The van der Waals surface area contributed by atoms with Gasteiger partial charge in [-0.15, -0.1) is 0 Å². The number of hydrogen-bond donors (Lipinski definition) is 1. The number of rotatable bonds is 3. The molecule has 4 nitrogen and oxygen atoms in total. The fourth-order valence-corrected chi connectivity index (χ4v) is 1.81. The van der Waals surface area contributed by atoms with E-state index in [0.29, 0.717) is 11.6 Å². The summed E-state index contributed by atoms with van der Waals surface area (Å²) < 4.78 is 13.0. The maximum Gasteiger partial charge on any atom is 0.275 e. The number of benzene rings is 1. The van der Waals surface area contributed by atoms with Crippen LogP contribution in [0.2, 0.25) is 0 Å². The summed E-state index contributed by atoms with van der Waals surface area (Å²) in [6.45, 7) is 0. The van der Waals surface area contributed by atoms with Crippen molar-refractivity contribution in [2.24, 2.45) is 0 Å². The van der Waals surface area contributed by atoms with Crippen LogP contribution >= 0.6 is 0 Å². The minimum Gasteiger partial charge on any atom is -0.321 e. The summed E-state index contributed by atoms with van der Waals surface area (Å²) in [6.07, 6.45) is 5.38. The Morgan fingerprint density at radius 2 is 2.11 bits per heavy atom. The van der Waals surface area contributed by atoms with Crippen LogP contribution in [0.5, 0.6) is 0 Å². The first-order valence-corrected chi connectivity index (χ1v) is 6.11. The number of nitrogens with zero attached hydrogens (tertiary/aromatic N) is 2. The van der Waals surface area contributed by atoms with Gasteiger partial charge in [-0.05, 0) is 31.0 Å². The van der Waals surface area contributed by atoms with Crippen LogP contribution in [-0.2, 0) is 0 Å². The fraction of sp³-hybridized carbons (Fsp3) is 0.214. The first-order chi connectivity index (χ1) is 9.22. The molecule has 1 amide bonds. The molecule has 0 spiro atoms. The van der Waals surface area contributed by atoms with Gasteiger partial charge in [0.1, 0.15) is 11.5 Å². The van der Waals surface area contributed by atoms with E-state index < -0.39 is 5.82 Å². The molecule has 1 aromatic heterocycles. The number of anilines is 1. The lowest BCUT2D eigenvalue weighted by atomic mass is 10.3. The van der Waals surface area contributed by atoms with Crippen molar-refractivity contribution in [3.63, 3.8) is 0 Å². The highest BCUT2D eigenvalue weighted by atomic mass is 19.1. The highest BCUT2D eigenvalue weighted by molar-refractivity contribution is 6.02. The van der Waals surface area contributed by atoms with Gasteiger partial charge in [0, 0.05) is 17.8 Å². The number of hydrogen-bond acceptors (Lipinski definition) is 3. The fourth-order valence-electron chi connectivity index (χ4n) is 1.81. The molecule has 0 atom stereocenters. The maximum atomic E-state index is 13.0. The standard InChI is InChI=1S/C14H12FN3O/c15-10-2-1-3-11(6-10)18-14(19)13-8-16-12(7-17-13)9-4-5-9/h1-3,6-9H,4-5H2,(H,18,19). The van der Waals surface area contributed by atoms with Gasteiger partial charge in [-0.3, -0.25) is 9.78 Å². The van der Waals surface area contributed by atoms with Gasteiger partial charge in [-0.25, -0.2) is 9.37 Å². The highest BCUT2D eigenvalue weighted by Gasteiger charge is 2.25. The van der Waals surface area contributed by atoms with Gasteiger partial charge in [-0.1, -0.05) is 6.07 Å². The molecule has 1 fully saturated rings. The van der Waals surface area contributed by atoms with Crippen LogP contribution in [0.1, 0.15) is 34.9 Å². The summed E-state index contributed by atoms with van der Waals surface area (Å²) in [6, 6.07) is 5.73. The van der Waals surface area contributed by atoms with E-state index in [2.05, 4.69) is 15.3 Å². The van der Waals surface area contributed by atoms with Crippen molar-refractivity contribution in [3.8, 4) is 0 Å². The van der Waals surface area contributed by atoms with E-state index in [0.717, 1.165) is 18.5 Å². The lowest BCUT2D eigenvalue weighted by Crippen LogP contribution is -2.14.